The van der Waals surface area contributed by atoms with E-state index in [9.17, 15) is 22.2 Å². The Morgan fingerprint density at radius 2 is 1.89 bits per heavy atom. The summed E-state index contributed by atoms with van der Waals surface area (Å²) in [6.07, 6.45) is -4.02. The second-order valence-electron chi connectivity index (χ2n) is 6.42. The molecule has 150 valence electrons. The van der Waals surface area contributed by atoms with Gasteiger partial charge in [0.05, 0.1) is 18.5 Å². The fourth-order valence-corrected chi connectivity index (χ4v) is 4.13. The largest absolute Gasteiger partial charge is 0.416 e. The lowest BCUT2D eigenvalue weighted by Gasteiger charge is -2.18. The van der Waals surface area contributed by atoms with Gasteiger partial charge in [0, 0.05) is 11.3 Å². The van der Waals surface area contributed by atoms with Crippen LogP contribution < -0.4 is 10.6 Å². The maximum atomic E-state index is 12.7. The van der Waals surface area contributed by atoms with Gasteiger partial charge in [0.25, 0.3) is 0 Å². The lowest BCUT2D eigenvalue weighted by atomic mass is 10.1. The van der Waals surface area contributed by atoms with Gasteiger partial charge in [-0.1, -0.05) is 19.1 Å². The van der Waals surface area contributed by atoms with E-state index in [1.165, 1.54) is 17.0 Å². The van der Waals surface area contributed by atoms with Crippen molar-refractivity contribution in [3.05, 3.63) is 41.0 Å². The molecule has 11 heteroatoms. The van der Waals surface area contributed by atoms with Gasteiger partial charge in [-0.2, -0.15) is 13.2 Å². The quantitative estimate of drug-likeness (QED) is 0.732. The number of halogens is 3. The summed E-state index contributed by atoms with van der Waals surface area (Å²) in [6, 6.07) is 4.44. The number of alkyl halides is 3. The summed E-state index contributed by atoms with van der Waals surface area (Å²) in [5.41, 5.74) is 5.94. The first kappa shape index (κ1) is 20.1. The Kier molecular flexibility index (Phi) is 5.04. The van der Waals surface area contributed by atoms with Gasteiger partial charge in [-0.05, 0) is 24.1 Å². The molecule has 3 rings (SSSR count). The second kappa shape index (κ2) is 7.04. The molecule has 0 spiro atoms. The van der Waals surface area contributed by atoms with Crippen molar-refractivity contribution in [2.45, 2.75) is 37.6 Å². The Labute approximate surface area is 159 Å². The van der Waals surface area contributed by atoms with Crippen LogP contribution in [0.15, 0.2) is 29.4 Å². The number of carbonyl (C=O) groups is 1. The SMILES string of the molecule is CCCS(=N)(=O)c1nc(N)c2c(n1)N(Cc1ccc(C(F)(F)F)cc1)C(=O)C2. The molecule has 0 saturated heterocycles. The third-order valence-corrected chi connectivity index (χ3v) is 6.05. The van der Waals surface area contributed by atoms with E-state index in [-0.39, 0.29) is 41.4 Å². The highest BCUT2D eigenvalue weighted by atomic mass is 32.2. The summed E-state index contributed by atoms with van der Waals surface area (Å²) in [5, 5.41) is -0.238. The van der Waals surface area contributed by atoms with Crippen LogP contribution in [-0.4, -0.2) is 25.8 Å². The number of nitrogens with one attached hydrogen (secondary N) is 1. The van der Waals surface area contributed by atoms with Crippen LogP contribution in [-0.2, 0) is 33.7 Å². The molecule has 1 aromatic carbocycles. The molecule has 1 aromatic heterocycles. The lowest BCUT2D eigenvalue weighted by molar-refractivity contribution is -0.137. The van der Waals surface area contributed by atoms with Crippen LogP contribution in [0.4, 0.5) is 24.8 Å². The Bertz CT molecular complexity index is 1020. The third kappa shape index (κ3) is 3.79. The first-order valence-corrected chi connectivity index (χ1v) is 10.1. The van der Waals surface area contributed by atoms with Gasteiger partial charge < -0.3 is 5.73 Å². The van der Waals surface area contributed by atoms with Crippen LogP contribution in [0.5, 0.6) is 0 Å². The van der Waals surface area contributed by atoms with Crippen molar-refractivity contribution in [1.82, 2.24) is 9.97 Å². The first-order valence-electron chi connectivity index (χ1n) is 8.42. The van der Waals surface area contributed by atoms with E-state index in [0.717, 1.165) is 12.1 Å². The van der Waals surface area contributed by atoms with Gasteiger partial charge >= 0.3 is 6.18 Å². The average molecular weight is 413 g/mol. The predicted molar refractivity (Wildman–Crippen MR) is 97.1 cm³/mol. The van der Waals surface area contributed by atoms with Crippen molar-refractivity contribution in [2.24, 2.45) is 0 Å². The number of anilines is 2. The van der Waals surface area contributed by atoms with Gasteiger partial charge in [-0.15, -0.1) is 0 Å². The van der Waals surface area contributed by atoms with Crippen molar-refractivity contribution in [3.63, 3.8) is 0 Å². The number of hydrogen-bond donors (Lipinski definition) is 2. The molecule has 1 aliphatic rings. The summed E-state index contributed by atoms with van der Waals surface area (Å²) < 4.78 is 58.6. The van der Waals surface area contributed by atoms with E-state index >= 15 is 0 Å². The van der Waals surface area contributed by atoms with E-state index in [2.05, 4.69) is 9.97 Å². The molecule has 0 aliphatic carbocycles. The van der Waals surface area contributed by atoms with Crippen molar-refractivity contribution in [1.29, 1.82) is 4.78 Å². The molecule has 2 aromatic rings. The van der Waals surface area contributed by atoms with Gasteiger partial charge in [0.1, 0.15) is 21.4 Å². The number of nitrogens with two attached hydrogens (primary N) is 1. The smallest absolute Gasteiger partial charge is 0.383 e. The van der Waals surface area contributed by atoms with Crippen LogP contribution in [0, 0.1) is 4.78 Å². The summed E-state index contributed by atoms with van der Waals surface area (Å²) >= 11 is 0. The molecule has 1 unspecified atom stereocenters. The molecule has 0 radical (unpaired) electrons. The summed E-state index contributed by atoms with van der Waals surface area (Å²) in [6.45, 7) is 1.75. The van der Waals surface area contributed by atoms with Gasteiger partial charge in [-0.25, -0.2) is 19.0 Å². The number of nitrogens with zero attached hydrogens (tertiary/aromatic N) is 3. The van der Waals surface area contributed by atoms with Crippen LogP contribution in [0.1, 0.15) is 30.0 Å². The van der Waals surface area contributed by atoms with E-state index in [1.807, 2.05) is 0 Å². The number of fused-ring (bicyclic) bond motifs is 1. The zero-order valence-corrected chi connectivity index (χ0v) is 15.7. The fourth-order valence-electron chi connectivity index (χ4n) is 2.90. The molecule has 1 atom stereocenters. The molecule has 1 aliphatic heterocycles. The van der Waals surface area contributed by atoms with E-state index in [0.29, 0.717) is 17.5 Å². The van der Waals surface area contributed by atoms with Crippen molar-refractivity contribution in [2.75, 3.05) is 16.4 Å². The molecular weight excluding hydrogens is 395 g/mol. The molecule has 3 N–H and O–H groups in total. The van der Waals surface area contributed by atoms with E-state index in [4.69, 9.17) is 10.5 Å². The zero-order valence-electron chi connectivity index (χ0n) is 14.9. The molecule has 0 bridgehead atoms. The maximum Gasteiger partial charge on any atom is 0.416 e. The number of rotatable bonds is 5. The normalized spacial score (nSPS) is 16.1. The number of carbonyl (C=O) groups excluding carboxylic acids is 1. The number of aromatic nitrogens is 2. The van der Waals surface area contributed by atoms with Gasteiger partial charge in [0.2, 0.25) is 11.1 Å². The van der Waals surface area contributed by atoms with Gasteiger partial charge in [-0.3, -0.25) is 9.69 Å². The molecule has 2 heterocycles. The Balaban J connectivity index is 1.95. The predicted octanol–water partition coefficient (Wildman–Crippen LogP) is 2.98. The van der Waals surface area contributed by atoms with Crippen LogP contribution in [0.3, 0.4) is 0 Å². The molecule has 1 amide bonds. The number of amides is 1. The Hall–Kier alpha value is -2.69. The summed E-state index contributed by atoms with van der Waals surface area (Å²) in [7, 11) is -3.26. The third-order valence-electron chi connectivity index (χ3n) is 4.29. The van der Waals surface area contributed by atoms with Crippen molar-refractivity contribution >= 4 is 27.3 Å². The highest BCUT2D eigenvalue weighted by Gasteiger charge is 2.34. The van der Waals surface area contributed by atoms with Crippen molar-refractivity contribution in [3.8, 4) is 0 Å². The molecule has 0 fully saturated rings. The standard InChI is InChI=1S/C17H18F3N5O2S/c1-2-7-28(22,27)16-23-14(21)12-8-13(26)25(15(12)24-16)9-10-3-5-11(6-4-10)17(18,19)20/h3-6,22H,2,7-9H2,1H3,(H2,21,23,24). The van der Waals surface area contributed by atoms with E-state index < -0.39 is 21.5 Å². The number of hydrogen-bond acceptors (Lipinski definition) is 6. The Morgan fingerprint density at radius 3 is 2.46 bits per heavy atom. The highest BCUT2D eigenvalue weighted by Crippen LogP contribution is 2.33. The zero-order chi connectivity index (χ0) is 20.7. The minimum atomic E-state index is -4.45. The molecule has 0 saturated carbocycles. The van der Waals surface area contributed by atoms with Crippen molar-refractivity contribution < 1.29 is 22.2 Å². The summed E-state index contributed by atoms with van der Waals surface area (Å²) in [5.74, 6) is -0.152. The molecule has 7 nitrogen and oxygen atoms in total. The van der Waals surface area contributed by atoms with Crippen LogP contribution >= 0.6 is 0 Å². The average Bonchev–Trinajstić information content (AvgIpc) is 2.91. The minimum Gasteiger partial charge on any atom is -0.383 e. The fraction of sp³-hybridized carbons (Fsp3) is 0.353. The van der Waals surface area contributed by atoms with E-state index in [1.54, 1.807) is 6.92 Å². The second-order valence-corrected chi connectivity index (χ2v) is 8.55. The number of benzene rings is 1. The summed E-state index contributed by atoms with van der Waals surface area (Å²) in [4.78, 5) is 21.8. The van der Waals surface area contributed by atoms with Crippen LogP contribution in [0.25, 0.3) is 0 Å². The highest BCUT2D eigenvalue weighted by molar-refractivity contribution is 7.92. The molecular formula is C17H18F3N5O2S. The Morgan fingerprint density at radius 1 is 1.25 bits per heavy atom. The first-order chi connectivity index (χ1) is 13.0. The molecule has 28 heavy (non-hydrogen) atoms. The monoisotopic (exact) mass is 413 g/mol. The lowest BCUT2D eigenvalue weighted by Crippen LogP contribution is -2.27. The van der Waals surface area contributed by atoms with Crippen LogP contribution in [0.2, 0.25) is 0 Å². The maximum absolute atomic E-state index is 12.7. The number of nitrogen functional groups attached to an aromatic ring is 1. The van der Waals surface area contributed by atoms with Gasteiger partial charge in [0.15, 0.2) is 0 Å². The topological polar surface area (TPSA) is 113 Å². The minimum absolute atomic E-state index is 0.0145.